The van der Waals surface area contributed by atoms with Crippen molar-refractivity contribution in [2.45, 2.75) is 4.90 Å². The molecule has 116 valence electrons. The van der Waals surface area contributed by atoms with Crippen molar-refractivity contribution >= 4 is 44.5 Å². The van der Waals surface area contributed by atoms with Crippen LogP contribution in [0.15, 0.2) is 29.2 Å². The quantitative estimate of drug-likeness (QED) is 0.716. The van der Waals surface area contributed by atoms with E-state index in [2.05, 4.69) is 4.72 Å². The minimum Gasteiger partial charge on any atom is -0.478 e. The maximum Gasteiger partial charge on any atom is 0.328 e. The van der Waals surface area contributed by atoms with Crippen LogP contribution in [0.4, 0.5) is 0 Å². The minimum absolute atomic E-state index is 0.0207. The highest BCUT2D eigenvalue weighted by atomic mass is 35.5. The third-order valence-corrected chi connectivity index (χ3v) is 5.07. The second-order valence-corrected chi connectivity index (χ2v) is 7.73. The number of nitrogens with one attached hydrogen (secondary N) is 1. The van der Waals surface area contributed by atoms with Gasteiger partial charge < -0.3 is 5.11 Å². The van der Waals surface area contributed by atoms with Crippen LogP contribution in [0.5, 0.6) is 0 Å². The SMILES string of the molecule is CS(=O)CCNS(=O)(=O)c1ccc(/C=C/C(=O)O)cc1Cl. The van der Waals surface area contributed by atoms with Crippen molar-refractivity contribution in [3.63, 3.8) is 0 Å². The summed E-state index contributed by atoms with van der Waals surface area (Å²) in [4.78, 5) is 10.3. The van der Waals surface area contributed by atoms with Crippen LogP contribution < -0.4 is 4.72 Å². The smallest absolute Gasteiger partial charge is 0.328 e. The number of sulfonamides is 1. The van der Waals surface area contributed by atoms with Crippen LogP contribution in [-0.2, 0) is 25.6 Å². The lowest BCUT2D eigenvalue weighted by molar-refractivity contribution is -0.131. The lowest BCUT2D eigenvalue weighted by Crippen LogP contribution is -2.28. The van der Waals surface area contributed by atoms with E-state index in [-0.39, 0.29) is 22.2 Å². The summed E-state index contributed by atoms with van der Waals surface area (Å²) in [7, 11) is -4.89. The molecule has 1 aromatic carbocycles. The van der Waals surface area contributed by atoms with Crippen molar-refractivity contribution in [1.29, 1.82) is 0 Å². The molecule has 1 unspecified atom stereocenters. The lowest BCUT2D eigenvalue weighted by atomic mass is 10.2. The van der Waals surface area contributed by atoms with Crippen molar-refractivity contribution in [2.75, 3.05) is 18.6 Å². The van der Waals surface area contributed by atoms with Crippen LogP contribution >= 0.6 is 11.6 Å². The molecule has 0 aromatic heterocycles. The fraction of sp³-hybridized carbons (Fsp3) is 0.250. The molecule has 0 saturated heterocycles. The van der Waals surface area contributed by atoms with Crippen LogP contribution in [0, 0.1) is 0 Å². The molecule has 1 atom stereocenters. The number of hydrogen-bond acceptors (Lipinski definition) is 4. The monoisotopic (exact) mass is 351 g/mol. The lowest BCUT2D eigenvalue weighted by Gasteiger charge is -2.08. The van der Waals surface area contributed by atoms with Crippen LogP contribution in [0.3, 0.4) is 0 Å². The summed E-state index contributed by atoms with van der Waals surface area (Å²) in [6.45, 7) is 0.0441. The van der Waals surface area contributed by atoms with E-state index >= 15 is 0 Å². The molecule has 1 aromatic rings. The van der Waals surface area contributed by atoms with Gasteiger partial charge in [0, 0.05) is 35.4 Å². The standard InChI is InChI=1S/C12H14ClNO5S2/c1-20(17)7-6-14-21(18,19)11-4-2-9(8-10(11)13)3-5-12(15)16/h2-5,8,14H,6-7H2,1H3,(H,15,16)/b5-3+. The highest BCUT2D eigenvalue weighted by molar-refractivity contribution is 7.89. The van der Waals surface area contributed by atoms with Crippen molar-refractivity contribution in [1.82, 2.24) is 4.72 Å². The van der Waals surface area contributed by atoms with E-state index in [0.29, 0.717) is 5.56 Å². The van der Waals surface area contributed by atoms with Gasteiger partial charge in [-0.15, -0.1) is 0 Å². The summed E-state index contributed by atoms with van der Waals surface area (Å²) in [6.07, 6.45) is 3.71. The molecule has 0 aliphatic heterocycles. The number of rotatable bonds is 7. The van der Waals surface area contributed by atoms with Crippen molar-refractivity contribution in [3.8, 4) is 0 Å². The normalized spacial score (nSPS) is 13.4. The summed E-state index contributed by atoms with van der Waals surface area (Å²) in [5.74, 6) is -0.909. The zero-order valence-corrected chi connectivity index (χ0v) is 13.5. The summed E-state index contributed by atoms with van der Waals surface area (Å²) >= 11 is 5.91. The number of carboxylic acid groups (broad SMARTS) is 1. The topological polar surface area (TPSA) is 101 Å². The van der Waals surface area contributed by atoms with Gasteiger partial charge >= 0.3 is 5.97 Å². The van der Waals surface area contributed by atoms with Gasteiger partial charge in [0.1, 0.15) is 4.90 Å². The van der Waals surface area contributed by atoms with E-state index in [4.69, 9.17) is 16.7 Å². The number of aliphatic carboxylic acids is 1. The molecule has 0 bridgehead atoms. The van der Waals surface area contributed by atoms with Crippen LogP contribution in [0.25, 0.3) is 6.08 Å². The van der Waals surface area contributed by atoms with Gasteiger partial charge in [-0.25, -0.2) is 17.9 Å². The third kappa shape index (κ3) is 5.96. The van der Waals surface area contributed by atoms with Gasteiger partial charge in [-0.2, -0.15) is 0 Å². The fourth-order valence-electron chi connectivity index (χ4n) is 1.40. The second kappa shape index (κ2) is 7.69. The maximum absolute atomic E-state index is 12.0. The summed E-state index contributed by atoms with van der Waals surface area (Å²) in [5.41, 5.74) is 0.469. The average Bonchev–Trinajstić information content (AvgIpc) is 2.35. The molecule has 9 heteroatoms. The van der Waals surface area contributed by atoms with Gasteiger partial charge in [0.15, 0.2) is 0 Å². The van der Waals surface area contributed by atoms with Crippen LogP contribution in [0.2, 0.25) is 5.02 Å². The van der Waals surface area contributed by atoms with E-state index < -0.39 is 26.8 Å². The molecule has 2 N–H and O–H groups in total. The Balaban J connectivity index is 2.93. The summed E-state index contributed by atoms with van der Waals surface area (Å²) in [6, 6.07) is 4.08. The van der Waals surface area contributed by atoms with Crippen molar-refractivity contribution in [3.05, 3.63) is 34.9 Å². The Morgan fingerprint density at radius 1 is 1.48 bits per heavy atom. The number of hydrogen-bond donors (Lipinski definition) is 2. The Kier molecular flexibility index (Phi) is 6.53. The predicted octanol–water partition coefficient (Wildman–Crippen LogP) is 1.09. The molecular weight excluding hydrogens is 338 g/mol. The molecule has 0 saturated carbocycles. The molecule has 0 heterocycles. The molecule has 0 aliphatic carbocycles. The number of benzene rings is 1. The van der Waals surface area contributed by atoms with Gasteiger partial charge in [0.2, 0.25) is 10.0 Å². The summed E-state index contributed by atoms with van der Waals surface area (Å²) < 4.78 is 37.2. The van der Waals surface area contributed by atoms with Gasteiger partial charge in [-0.05, 0) is 23.8 Å². The van der Waals surface area contributed by atoms with Crippen LogP contribution in [0.1, 0.15) is 5.56 Å². The van der Waals surface area contributed by atoms with Gasteiger partial charge in [-0.3, -0.25) is 4.21 Å². The van der Waals surface area contributed by atoms with E-state index in [1.165, 1.54) is 30.5 Å². The van der Waals surface area contributed by atoms with E-state index in [1.807, 2.05) is 0 Å². The predicted molar refractivity (Wildman–Crippen MR) is 82.2 cm³/mol. The molecule has 1 rings (SSSR count). The highest BCUT2D eigenvalue weighted by Gasteiger charge is 2.17. The minimum atomic E-state index is -3.79. The van der Waals surface area contributed by atoms with E-state index in [0.717, 1.165) is 6.08 Å². The molecule has 0 radical (unpaired) electrons. The molecule has 0 spiro atoms. The Bertz CT molecular complexity index is 685. The van der Waals surface area contributed by atoms with Crippen molar-refractivity contribution < 1.29 is 22.5 Å². The first kappa shape index (κ1) is 17.8. The third-order valence-electron chi connectivity index (χ3n) is 2.35. The first-order valence-electron chi connectivity index (χ1n) is 5.72. The molecule has 0 aliphatic rings. The molecule has 0 fully saturated rings. The Hall–Kier alpha value is -1.22. The Morgan fingerprint density at radius 3 is 2.67 bits per heavy atom. The van der Waals surface area contributed by atoms with E-state index in [1.54, 1.807) is 0 Å². The molecule has 0 amide bonds. The number of carbonyl (C=O) groups is 1. The van der Waals surface area contributed by atoms with Gasteiger partial charge in [0.25, 0.3) is 0 Å². The zero-order chi connectivity index (χ0) is 16.0. The summed E-state index contributed by atoms with van der Waals surface area (Å²) in [5, 5.41) is 8.50. The van der Waals surface area contributed by atoms with Crippen molar-refractivity contribution in [2.24, 2.45) is 0 Å². The Morgan fingerprint density at radius 2 is 2.14 bits per heavy atom. The van der Waals surface area contributed by atoms with E-state index in [9.17, 15) is 17.4 Å². The molecule has 6 nitrogen and oxygen atoms in total. The molecular formula is C12H14ClNO5S2. The second-order valence-electron chi connectivity index (χ2n) is 4.04. The fourth-order valence-corrected chi connectivity index (χ4v) is 3.51. The van der Waals surface area contributed by atoms with Crippen LogP contribution in [-0.4, -0.2) is 42.3 Å². The largest absolute Gasteiger partial charge is 0.478 e. The number of halogens is 1. The first-order chi connectivity index (χ1) is 9.72. The maximum atomic E-state index is 12.0. The zero-order valence-electron chi connectivity index (χ0n) is 11.1. The van der Waals surface area contributed by atoms with Gasteiger partial charge in [-0.1, -0.05) is 17.7 Å². The van der Waals surface area contributed by atoms with Gasteiger partial charge in [0.05, 0.1) is 5.02 Å². The Labute approximate surface area is 130 Å². The number of carboxylic acids is 1. The first-order valence-corrected chi connectivity index (χ1v) is 9.31. The average molecular weight is 352 g/mol. The highest BCUT2D eigenvalue weighted by Crippen LogP contribution is 2.23. The molecule has 21 heavy (non-hydrogen) atoms.